The van der Waals surface area contributed by atoms with E-state index in [0.717, 1.165) is 25.4 Å². The van der Waals surface area contributed by atoms with Crippen LogP contribution in [0, 0.1) is 0 Å². The van der Waals surface area contributed by atoms with Crippen molar-refractivity contribution in [2.75, 3.05) is 0 Å². The van der Waals surface area contributed by atoms with Crippen molar-refractivity contribution in [1.82, 2.24) is 0 Å². The molecule has 0 radical (unpaired) electrons. The summed E-state index contributed by atoms with van der Waals surface area (Å²) in [6, 6.07) is 0. The van der Waals surface area contributed by atoms with Gasteiger partial charge in [0.2, 0.25) is 0 Å². The molecule has 0 aliphatic rings. The lowest BCUT2D eigenvalue weighted by Crippen LogP contribution is -1.73. The van der Waals surface area contributed by atoms with Gasteiger partial charge in [-0.3, -0.25) is 9.59 Å². The highest BCUT2D eigenvalue weighted by atomic mass is 16.1. The second-order valence-electron chi connectivity index (χ2n) is 4.16. The summed E-state index contributed by atoms with van der Waals surface area (Å²) in [6.45, 7) is 4.26. The molecule has 2 nitrogen and oxygen atoms in total. The maximum absolute atomic E-state index is 9.86. The van der Waals surface area contributed by atoms with E-state index in [1.54, 1.807) is 12.2 Å². The van der Waals surface area contributed by atoms with Crippen molar-refractivity contribution in [2.24, 2.45) is 0 Å². The Kier molecular flexibility index (Phi) is 23.2. The number of unbranched alkanes of at least 4 members (excludes halogenated alkanes) is 4. The van der Waals surface area contributed by atoms with Gasteiger partial charge in [0.15, 0.2) is 0 Å². The first kappa shape index (κ1) is 20.6. The Bertz CT molecular complexity index is 309. The molecule has 0 unspecified atom stereocenters. The maximum Gasteiger partial charge on any atom is 0.142 e. The van der Waals surface area contributed by atoms with E-state index >= 15 is 0 Å². The molecule has 0 aromatic carbocycles. The molecule has 0 rings (SSSR count). The van der Waals surface area contributed by atoms with Crippen LogP contribution in [0.25, 0.3) is 0 Å². The molecule has 0 N–H and O–H groups in total. The molecule has 0 aliphatic heterocycles. The van der Waals surface area contributed by atoms with Crippen LogP contribution in [-0.4, -0.2) is 12.6 Å². The van der Waals surface area contributed by atoms with Crippen LogP contribution >= 0.6 is 0 Å². The van der Waals surface area contributed by atoms with Crippen molar-refractivity contribution in [3.63, 3.8) is 0 Å². The van der Waals surface area contributed by atoms with Crippen LogP contribution in [0.15, 0.2) is 48.6 Å². The summed E-state index contributed by atoms with van der Waals surface area (Å²) in [4.78, 5) is 19.5. The smallest absolute Gasteiger partial charge is 0.142 e. The van der Waals surface area contributed by atoms with Gasteiger partial charge in [0.05, 0.1) is 0 Å². The van der Waals surface area contributed by atoms with Crippen molar-refractivity contribution in [3.8, 4) is 0 Å². The quantitative estimate of drug-likeness (QED) is 0.244. The van der Waals surface area contributed by atoms with Crippen molar-refractivity contribution in [1.29, 1.82) is 0 Å². The predicted octanol–water partition coefficient (Wildman–Crippen LogP) is 4.98. The fourth-order valence-electron chi connectivity index (χ4n) is 1.30. The Hall–Kier alpha value is -1.70. The van der Waals surface area contributed by atoms with Gasteiger partial charge >= 0.3 is 0 Å². The highest BCUT2D eigenvalue weighted by molar-refractivity contribution is 5.65. The molecule has 0 amide bonds. The fourth-order valence-corrected chi connectivity index (χ4v) is 1.30. The molecule has 0 aromatic rings. The number of allylic oxidation sites excluding steroid dienone is 8. The number of aldehydes is 2. The minimum atomic E-state index is 0.764. The van der Waals surface area contributed by atoms with E-state index in [-0.39, 0.29) is 0 Å². The Balaban J connectivity index is 0. The third-order valence-corrected chi connectivity index (χ3v) is 2.33. The number of carbonyl (C=O) groups is 2. The first-order valence-electron chi connectivity index (χ1n) is 7.37. The molecule has 112 valence electrons. The number of carbonyl (C=O) groups excluding carboxylic acids is 2. The predicted molar refractivity (Wildman–Crippen MR) is 87.7 cm³/mol. The van der Waals surface area contributed by atoms with Crippen LogP contribution in [0.2, 0.25) is 0 Å². The summed E-state index contributed by atoms with van der Waals surface area (Å²) in [5.74, 6) is 0. The summed E-state index contributed by atoms with van der Waals surface area (Å²) >= 11 is 0. The van der Waals surface area contributed by atoms with Gasteiger partial charge in [-0.2, -0.15) is 0 Å². The van der Waals surface area contributed by atoms with Gasteiger partial charge < -0.3 is 0 Å². The minimum absolute atomic E-state index is 0.764. The Labute approximate surface area is 124 Å². The topological polar surface area (TPSA) is 34.1 Å². The molecule has 2 heteroatoms. The summed E-state index contributed by atoms with van der Waals surface area (Å²) in [6.07, 6.45) is 23.2. The maximum atomic E-state index is 9.86. The first-order valence-corrected chi connectivity index (χ1v) is 7.37. The summed E-state index contributed by atoms with van der Waals surface area (Å²) < 4.78 is 0. The number of rotatable bonds is 10. The number of hydrogen-bond acceptors (Lipinski definition) is 2. The third-order valence-electron chi connectivity index (χ3n) is 2.33. The number of hydrogen-bond donors (Lipinski definition) is 0. The van der Waals surface area contributed by atoms with Crippen LogP contribution < -0.4 is 0 Å². The van der Waals surface area contributed by atoms with Gasteiger partial charge in [0.25, 0.3) is 0 Å². The lowest BCUT2D eigenvalue weighted by atomic mass is 10.1. The Morgan fingerprint density at radius 3 is 1.75 bits per heavy atom. The van der Waals surface area contributed by atoms with Gasteiger partial charge in [0.1, 0.15) is 12.6 Å². The molecule has 0 fully saturated rings. The van der Waals surface area contributed by atoms with E-state index in [4.69, 9.17) is 0 Å². The molecular formula is C18H28O2. The summed E-state index contributed by atoms with van der Waals surface area (Å²) in [7, 11) is 0. The van der Waals surface area contributed by atoms with Crippen LogP contribution in [0.4, 0.5) is 0 Å². The fraction of sp³-hybridized carbons (Fsp3) is 0.444. The van der Waals surface area contributed by atoms with Crippen LogP contribution in [0.3, 0.4) is 0 Å². The highest BCUT2D eigenvalue weighted by Gasteiger charge is 1.82. The lowest BCUT2D eigenvalue weighted by Gasteiger charge is -1.92. The second kappa shape index (κ2) is 22.5. The summed E-state index contributed by atoms with van der Waals surface area (Å²) in [5.41, 5.74) is 0. The van der Waals surface area contributed by atoms with Gasteiger partial charge in [-0.1, -0.05) is 69.6 Å². The van der Waals surface area contributed by atoms with E-state index < -0.39 is 0 Å². The van der Waals surface area contributed by atoms with Crippen molar-refractivity contribution in [3.05, 3.63) is 48.6 Å². The van der Waals surface area contributed by atoms with Crippen molar-refractivity contribution < 1.29 is 9.59 Å². The van der Waals surface area contributed by atoms with Crippen molar-refractivity contribution >= 4 is 12.6 Å². The second-order valence-corrected chi connectivity index (χ2v) is 4.16. The van der Waals surface area contributed by atoms with Crippen LogP contribution in [0.1, 0.15) is 52.4 Å². The molecule has 0 aromatic heterocycles. The SMILES string of the molecule is CCC=CC=CC=O.CCCCCCC=CC=CC=O. The zero-order valence-electron chi connectivity index (χ0n) is 12.8. The molecule has 0 aliphatic carbocycles. The largest absolute Gasteiger partial charge is 0.299 e. The standard InChI is InChI=1S/C11H18O.C7H10O/c1-2-3-4-5-6-7-8-9-10-11-12;1-2-3-4-5-6-7-8/h7-11H,2-6H2,1H3;3-7H,2H2,1H3. The monoisotopic (exact) mass is 276 g/mol. The van der Waals surface area contributed by atoms with E-state index in [2.05, 4.69) is 13.0 Å². The zero-order valence-corrected chi connectivity index (χ0v) is 12.8. The average molecular weight is 276 g/mol. The van der Waals surface area contributed by atoms with E-state index in [9.17, 15) is 9.59 Å². The molecular weight excluding hydrogens is 248 g/mol. The average Bonchev–Trinajstić information content (AvgIpc) is 2.47. The van der Waals surface area contributed by atoms with E-state index in [1.165, 1.54) is 37.8 Å². The Morgan fingerprint density at radius 2 is 1.25 bits per heavy atom. The molecule has 0 heterocycles. The molecule has 0 spiro atoms. The molecule has 0 atom stereocenters. The molecule has 20 heavy (non-hydrogen) atoms. The van der Waals surface area contributed by atoms with E-state index in [0.29, 0.717) is 0 Å². The van der Waals surface area contributed by atoms with Crippen molar-refractivity contribution in [2.45, 2.75) is 52.4 Å². The van der Waals surface area contributed by atoms with Gasteiger partial charge in [-0.25, -0.2) is 0 Å². The van der Waals surface area contributed by atoms with Crippen LogP contribution in [0.5, 0.6) is 0 Å². The van der Waals surface area contributed by atoms with Crippen LogP contribution in [-0.2, 0) is 9.59 Å². The molecule has 0 saturated carbocycles. The van der Waals surface area contributed by atoms with Gasteiger partial charge in [-0.05, 0) is 31.4 Å². The van der Waals surface area contributed by atoms with E-state index in [1.807, 2.05) is 25.2 Å². The minimum Gasteiger partial charge on any atom is -0.299 e. The summed E-state index contributed by atoms with van der Waals surface area (Å²) in [5, 5.41) is 0. The normalized spacial score (nSPS) is 11.3. The molecule has 0 saturated heterocycles. The zero-order chi connectivity index (χ0) is 15.3. The lowest BCUT2D eigenvalue weighted by molar-refractivity contribution is -0.104. The highest BCUT2D eigenvalue weighted by Crippen LogP contribution is 2.02. The molecule has 0 bridgehead atoms. The third kappa shape index (κ3) is 25.2. The first-order chi connectivity index (χ1) is 9.83. The Morgan fingerprint density at radius 1 is 0.650 bits per heavy atom. The van der Waals surface area contributed by atoms with Gasteiger partial charge in [-0.15, -0.1) is 0 Å². The van der Waals surface area contributed by atoms with Gasteiger partial charge in [0, 0.05) is 0 Å².